The smallest absolute Gasteiger partial charge is 0.404 e. The standard InChI is InChI=1S/C27H36Cl2N2O4/c1-26(2,3)24(35-25(30)32)23(18-10-11-20(28)21(29)16-18)22(34-4)17-31-14-12-27(33,13-15-31)19-8-6-5-7-9-19/h5-11,16,22-24,33H,12-15,17H2,1-4H3,(H2,30,32). The van der Waals surface area contributed by atoms with Gasteiger partial charge in [-0.05, 0) is 41.5 Å². The summed E-state index contributed by atoms with van der Waals surface area (Å²) in [4.78, 5) is 14.2. The van der Waals surface area contributed by atoms with Gasteiger partial charge in [0.25, 0.3) is 0 Å². The minimum absolute atomic E-state index is 0.335. The number of hydrogen-bond donors (Lipinski definition) is 2. The van der Waals surface area contributed by atoms with Crippen molar-refractivity contribution >= 4 is 29.3 Å². The number of primary amides is 1. The summed E-state index contributed by atoms with van der Waals surface area (Å²) >= 11 is 12.6. The zero-order chi connectivity index (χ0) is 25.8. The van der Waals surface area contributed by atoms with Gasteiger partial charge in [0.05, 0.1) is 21.8 Å². The molecular weight excluding hydrogens is 487 g/mol. The molecule has 192 valence electrons. The Morgan fingerprint density at radius 3 is 2.26 bits per heavy atom. The molecule has 3 rings (SSSR count). The molecule has 0 aliphatic carbocycles. The van der Waals surface area contributed by atoms with Gasteiger partial charge < -0.3 is 25.2 Å². The van der Waals surface area contributed by atoms with Crippen molar-refractivity contribution in [3.8, 4) is 0 Å². The third-order valence-corrected chi connectivity index (χ3v) is 7.63. The van der Waals surface area contributed by atoms with E-state index in [0.29, 0.717) is 42.5 Å². The summed E-state index contributed by atoms with van der Waals surface area (Å²) in [6.45, 7) is 7.99. The van der Waals surface area contributed by atoms with Crippen LogP contribution in [0.25, 0.3) is 0 Å². The maximum absolute atomic E-state index is 11.9. The molecular formula is C27H36Cl2N2O4. The van der Waals surface area contributed by atoms with Crippen LogP contribution in [0.15, 0.2) is 48.5 Å². The summed E-state index contributed by atoms with van der Waals surface area (Å²) in [5.74, 6) is -0.350. The van der Waals surface area contributed by atoms with Gasteiger partial charge in [-0.2, -0.15) is 0 Å². The molecule has 3 atom stereocenters. The lowest BCUT2D eigenvalue weighted by molar-refractivity contribution is -0.0621. The molecule has 35 heavy (non-hydrogen) atoms. The van der Waals surface area contributed by atoms with Gasteiger partial charge in [0.1, 0.15) is 6.10 Å². The number of amides is 1. The highest BCUT2D eigenvalue weighted by Crippen LogP contribution is 2.40. The van der Waals surface area contributed by atoms with E-state index in [1.54, 1.807) is 19.2 Å². The van der Waals surface area contributed by atoms with Crippen LogP contribution in [0.3, 0.4) is 0 Å². The first-order valence-corrected chi connectivity index (χ1v) is 12.6. The Morgan fingerprint density at radius 1 is 1.11 bits per heavy atom. The van der Waals surface area contributed by atoms with Crippen molar-refractivity contribution in [2.75, 3.05) is 26.7 Å². The van der Waals surface area contributed by atoms with Crippen LogP contribution >= 0.6 is 23.2 Å². The highest BCUT2D eigenvalue weighted by atomic mass is 35.5. The van der Waals surface area contributed by atoms with E-state index in [4.69, 9.17) is 38.4 Å². The van der Waals surface area contributed by atoms with E-state index in [9.17, 15) is 9.90 Å². The number of carbonyl (C=O) groups excluding carboxylic acids is 1. The third-order valence-electron chi connectivity index (χ3n) is 6.89. The number of ether oxygens (including phenoxy) is 2. The Balaban J connectivity index is 1.87. The number of methoxy groups -OCH3 is 1. The lowest BCUT2D eigenvalue weighted by atomic mass is 9.75. The molecule has 0 bridgehead atoms. The van der Waals surface area contributed by atoms with Gasteiger partial charge in [-0.25, -0.2) is 4.79 Å². The second-order valence-corrected chi connectivity index (χ2v) is 11.2. The van der Waals surface area contributed by atoms with Crippen molar-refractivity contribution in [2.45, 2.75) is 57.3 Å². The zero-order valence-corrected chi connectivity index (χ0v) is 22.4. The van der Waals surface area contributed by atoms with E-state index in [-0.39, 0.29) is 12.0 Å². The van der Waals surface area contributed by atoms with Gasteiger partial charge >= 0.3 is 6.09 Å². The Morgan fingerprint density at radius 2 is 1.74 bits per heavy atom. The van der Waals surface area contributed by atoms with Crippen LogP contribution in [0.5, 0.6) is 0 Å². The van der Waals surface area contributed by atoms with E-state index in [1.165, 1.54) is 0 Å². The molecule has 3 unspecified atom stereocenters. The normalized spacial score (nSPS) is 19.1. The van der Waals surface area contributed by atoms with Crippen LogP contribution in [0, 0.1) is 5.41 Å². The first-order valence-electron chi connectivity index (χ1n) is 11.9. The SMILES string of the molecule is COC(CN1CCC(O)(c2ccccc2)CC1)C(c1ccc(Cl)c(Cl)c1)C(OC(N)=O)C(C)(C)C. The zero-order valence-electron chi connectivity index (χ0n) is 20.8. The highest BCUT2D eigenvalue weighted by Gasteiger charge is 2.42. The number of nitrogens with two attached hydrogens (primary N) is 1. The van der Waals surface area contributed by atoms with Gasteiger partial charge in [-0.3, -0.25) is 0 Å². The molecule has 0 aromatic heterocycles. The number of halogens is 2. The predicted molar refractivity (Wildman–Crippen MR) is 140 cm³/mol. The van der Waals surface area contributed by atoms with Crippen molar-refractivity contribution in [3.63, 3.8) is 0 Å². The lowest BCUT2D eigenvalue weighted by Gasteiger charge is -2.43. The number of rotatable bonds is 8. The van der Waals surface area contributed by atoms with Crippen molar-refractivity contribution in [1.82, 2.24) is 4.90 Å². The number of benzene rings is 2. The van der Waals surface area contributed by atoms with Crippen LogP contribution in [0.1, 0.15) is 50.7 Å². The molecule has 1 amide bonds. The minimum Gasteiger partial charge on any atom is -0.445 e. The van der Waals surface area contributed by atoms with Crippen LogP contribution < -0.4 is 5.73 Å². The maximum atomic E-state index is 11.9. The molecule has 1 aliphatic rings. The van der Waals surface area contributed by atoms with Gasteiger partial charge in [0, 0.05) is 32.7 Å². The minimum atomic E-state index is -0.841. The van der Waals surface area contributed by atoms with Gasteiger partial charge in [0.15, 0.2) is 0 Å². The fourth-order valence-electron chi connectivity index (χ4n) is 4.95. The number of carbonyl (C=O) groups is 1. The van der Waals surface area contributed by atoms with Crippen molar-refractivity contribution < 1.29 is 19.4 Å². The van der Waals surface area contributed by atoms with Crippen LogP contribution in [0.4, 0.5) is 4.79 Å². The van der Waals surface area contributed by atoms with E-state index in [1.807, 2.05) is 57.2 Å². The average molecular weight is 524 g/mol. The Bertz CT molecular complexity index is 988. The number of aliphatic hydroxyl groups is 1. The fourth-order valence-corrected chi connectivity index (χ4v) is 5.26. The second kappa shape index (κ2) is 11.5. The van der Waals surface area contributed by atoms with Crippen molar-refractivity contribution in [2.24, 2.45) is 11.1 Å². The molecule has 0 spiro atoms. The van der Waals surface area contributed by atoms with E-state index in [0.717, 1.165) is 11.1 Å². The third kappa shape index (κ3) is 6.89. The number of likely N-dealkylation sites (tertiary alicyclic amines) is 1. The largest absolute Gasteiger partial charge is 0.445 e. The molecule has 2 aromatic carbocycles. The Labute approximate surface area is 218 Å². The lowest BCUT2D eigenvalue weighted by Crippen LogP contribution is -2.50. The summed E-state index contributed by atoms with van der Waals surface area (Å²) < 4.78 is 11.7. The number of nitrogens with zero attached hydrogens (tertiary/aromatic N) is 1. The maximum Gasteiger partial charge on any atom is 0.404 e. The number of hydrogen-bond acceptors (Lipinski definition) is 5. The van der Waals surface area contributed by atoms with Crippen LogP contribution in [0.2, 0.25) is 10.0 Å². The second-order valence-electron chi connectivity index (χ2n) is 10.4. The first kappa shape index (κ1) is 27.8. The molecule has 1 saturated heterocycles. The summed E-state index contributed by atoms with van der Waals surface area (Å²) in [7, 11) is 1.66. The molecule has 6 nitrogen and oxygen atoms in total. The van der Waals surface area contributed by atoms with Crippen LogP contribution in [-0.4, -0.2) is 55.1 Å². The molecule has 8 heteroatoms. The van der Waals surface area contributed by atoms with Crippen molar-refractivity contribution in [1.29, 1.82) is 0 Å². The highest BCUT2D eigenvalue weighted by molar-refractivity contribution is 6.42. The molecule has 1 fully saturated rings. The quantitative estimate of drug-likeness (QED) is 0.472. The van der Waals surface area contributed by atoms with Gasteiger partial charge in [0.2, 0.25) is 0 Å². The molecule has 2 aromatic rings. The molecule has 1 heterocycles. The Hall–Kier alpha value is -1.83. The summed E-state index contributed by atoms with van der Waals surface area (Å²) in [6.07, 6.45) is -0.515. The average Bonchev–Trinajstić information content (AvgIpc) is 2.81. The Kier molecular flexibility index (Phi) is 9.11. The monoisotopic (exact) mass is 522 g/mol. The topological polar surface area (TPSA) is 85.0 Å². The number of piperidine rings is 1. The fraction of sp³-hybridized carbons (Fsp3) is 0.519. The van der Waals surface area contributed by atoms with Crippen molar-refractivity contribution in [3.05, 3.63) is 69.7 Å². The van der Waals surface area contributed by atoms with Crippen LogP contribution in [-0.2, 0) is 15.1 Å². The molecule has 0 saturated carbocycles. The van der Waals surface area contributed by atoms with Gasteiger partial charge in [-0.15, -0.1) is 0 Å². The van der Waals surface area contributed by atoms with E-state index in [2.05, 4.69) is 4.90 Å². The molecule has 0 radical (unpaired) electrons. The summed E-state index contributed by atoms with van der Waals surface area (Å²) in [6, 6.07) is 15.2. The summed E-state index contributed by atoms with van der Waals surface area (Å²) in [5, 5.41) is 12.1. The molecule has 1 aliphatic heterocycles. The summed E-state index contributed by atoms with van der Waals surface area (Å²) in [5.41, 5.74) is 6.01. The van der Waals surface area contributed by atoms with E-state index < -0.39 is 23.2 Å². The molecule has 3 N–H and O–H groups in total. The van der Waals surface area contributed by atoms with E-state index >= 15 is 0 Å². The first-order chi connectivity index (χ1) is 16.4. The van der Waals surface area contributed by atoms with Gasteiger partial charge in [-0.1, -0.05) is 80.4 Å². The predicted octanol–water partition coefficient (Wildman–Crippen LogP) is 5.59.